The fourth-order valence-electron chi connectivity index (χ4n) is 2.91. The molecule has 1 heterocycles. The number of ether oxygens (including phenoxy) is 2. The first-order valence-electron chi connectivity index (χ1n) is 9.85. The summed E-state index contributed by atoms with van der Waals surface area (Å²) in [4.78, 5) is 24.5. The fourth-order valence-corrected chi connectivity index (χ4v) is 2.91. The Bertz CT molecular complexity index is 1070. The number of methoxy groups -OCH3 is 1. The van der Waals surface area contributed by atoms with Crippen LogP contribution in [0.25, 0.3) is 6.08 Å². The molecular formula is C24H25N3O4. The van der Waals surface area contributed by atoms with E-state index >= 15 is 0 Å². The number of aromatic nitrogens is 2. The summed E-state index contributed by atoms with van der Waals surface area (Å²) in [5.41, 5.74) is 3.38. The van der Waals surface area contributed by atoms with Crippen molar-refractivity contribution >= 4 is 23.6 Å². The van der Waals surface area contributed by atoms with Crippen molar-refractivity contribution in [1.82, 2.24) is 9.78 Å². The van der Waals surface area contributed by atoms with Gasteiger partial charge < -0.3 is 14.8 Å². The van der Waals surface area contributed by atoms with Gasteiger partial charge >= 0.3 is 5.97 Å². The predicted molar refractivity (Wildman–Crippen MR) is 119 cm³/mol. The summed E-state index contributed by atoms with van der Waals surface area (Å²) < 4.78 is 12.2. The lowest BCUT2D eigenvalue weighted by Gasteiger charge is -2.15. The molecule has 0 saturated carbocycles. The quantitative estimate of drug-likeness (QED) is 0.443. The van der Waals surface area contributed by atoms with Gasteiger partial charge in [0.15, 0.2) is 6.10 Å². The maximum Gasteiger partial charge on any atom is 0.331 e. The van der Waals surface area contributed by atoms with E-state index in [9.17, 15) is 9.59 Å². The van der Waals surface area contributed by atoms with E-state index in [1.807, 2.05) is 49.5 Å². The van der Waals surface area contributed by atoms with E-state index in [0.29, 0.717) is 18.0 Å². The molecule has 7 heteroatoms. The third-order valence-electron chi connectivity index (χ3n) is 4.53. The Morgan fingerprint density at radius 1 is 1.19 bits per heavy atom. The first-order chi connectivity index (χ1) is 14.9. The van der Waals surface area contributed by atoms with E-state index < -0.39 is 18.0 Å². The number of nitrogens with zero attached hydrogens (tertiary/aromatic N) is 2. The smallest absolute Gasteiger partial charge is 0.331 e. The summed E-state index contributed by atoms with van der Waals surface area (Å²) in [7, 11) is 1.52. The highest BCUT2D eigenvalue weighted by Crippen LogP contribution is 2.25. The number of hydrogen-bond donors (Lipinski definition) is 1. The number of rotatable bonds is 8. The van der Waals surface area contributed by atoms with Gasteiger partial charge in [0, 0.05) is 17.8 Å². The van der Waals surface area contributed by atoms with E-state index in [1.165, 1.54) is 20.1 Å². The second kappa shape index (κ2) is 10.2. The van der Waals surface area contributed by atoms with Crippen LogP contribution < -0.4 is 10.1 Å². The molecule has 31 heavy (non-hydrogen) atoms. The average Bonchev–Trinajstić information content (AvgIpc) is 3.20. The highest BCUT2D eigenvalue weighted by atomic mass is 16.5. The number of benzene rings is 2. The second-order valence-electron chi connectivity index (χ2n) is 7.06. The highest BCUT2D eigenvalue weighted by molar-refractivity contribution is 5.97. The zero-order valence-electron chi connectivity index (χ0n) is 17.7. The van der Waals surface area contributed by atoms with E-state index in [1.54, 1.807) is 29.1 Å². The molecular weight excluding hydrogens is 394 g/mol. The van der Waals surface area contributed by atoms with Crippen LogP contribution in [0.15, 0.2) is 67.0 Å². The Morgan fingerprint density at radius 2 is 1.97 bits per heavy atom. The van der Waals surface area contributed by atoms with Gasteiger partial charge in [-0.15, -0.1) is 0 Å². The van der Waals surface area contributed by atoms with Crippen molar-refractivity contribution < 1.29 is 19.1 Å². The lowest BCUT2D eigenvalue weighted by Crippen LogP contribution is -2.29. The van der Waals surface area contributed by atoms with Crippen LogP contribution in [0, 0.1) is 6.92 Å². The SMILES string of the molecule is COc1ccc(C)cc1NC(=O)[C@H](C)OC(=O)/C=C/c1cnn(Cc2ccccc2)c1. The van der Waals surface area contributed by atoms with Crippen molar-refractivity contribution in [3.8, 4) is 5.75 Å². The fraction of sp³-hybridized carbons (Fsp3) is 0.208. The van der Waals surface area contributed by atoms with Gasteiger partial charge in [0.05, 0.1) is 25.5 Å². The maximum atomic E-state index is 12.4. The molecule has 0 aliphatic carbocycles. The van der Waals surface area contributed by atoms with Gasteiger partial charge in [0.25, 0.3) is 5.91 Å². The van der Waals surface area contributed by atoms with Gasteiger partial charge in [-0.2, -0.15) is 5.10 Å². The van der Waals surface area contributed by atoms with E-state index in [2.05, 4.69) is 10.4 Å². The molecule has 0 saturated heterocycles. The van der Waals surface area contributed by atoms with Gasteiger partial charge in [0.1, 0.15) is 5.75 Å². The topological polar surface area (TPSA) is 82.4 Å². The van der Waals surface area contributed by atoms with Gasteiger partial charge in [0.2, 0.25) is 0 Å². The van der Waals surface area contributed by atoms with Crippen molar-refractivity contribution in [2.75, 3.05) is 12.4 Å². The standard InChI is InChI=1S/C24H25N3O4/c1-17-9-11-22(30-3)21(13-17)26-24(29)18(2)31-23(28)12-10-20-14-25-27(16-20)15-19-7-5-4-6-8-19/h4-14,16,18H,15H2,1-3H3,(H,26,29)/b12-10+/t18-/m0/s1. The Hall–Kier alpha value is -3.87. The second-order valence-corrected chi connectivity index (χ2v) is 7.06. The largest absolute Gasteiger partial charge is 0.495 e. The monoisotopic (exact) mass is 419 g/mol. The van der Waals surface area contributed by atoms with Crippen LogP contribution in [0.5, 0.6) is 5.75 Å². The lowest BCUT2D eigenvalue weighted by atomic mass is 10.2. The number of nitrogens with one attached hydrogen (secondary N) is 1. The Labute approximate surface area is 181 Å². The van der Waals surface area contributed by atoms with Gasteiger partial charge in [-0.3, -0.25) is 9.48 Å². The van der Waals surface area contributed by atoms with Crippen molar-refractivity contribution in [2.45, 2.75) is 26.5 Å². The summed E-state index contributed by atoms with van der Waals surface area (Å²) in [6.07, 6.45) is 5.40. The summed E-state index contributed by atoms with van der Waals surface area (Å²) in [5.74, 6) is -0.527. The first-order valence-corrected chi connectivity index (χ1v) is 9.85. The number of hydrogen-bond acceptors (Lipinski definition) is 5. The number of carbonyl (C=O) groups excluding carboxylic acids is 2. The minimum absolute atomic E-state index is 0.443. The summed E-state index contributed by atoms with van der Waals surface area (Å²) in [6.45, 7) is 4.06. The molecule has 0 aliphatic heterocycles. The molecule has 3 rings (SSSR count). The minimum Gasteiger partial charge on any atom is -0.495 e. The third kappa shape index (κ3) is 6.30. The third-order valence-corrected chi connectivity index (χ3v) is 4.53. The van der Waals surface area contributed by atoms with Crippen LogP contribution >= 0.6 is 0 Å². The maximum absolute atomic E-state index is 12.4. The van der Waals surface area contributed by atoms with E-state index in [4.69, 9.17) is 9.47 Å². The Kier molecular flexibility index (Phi) is 7.22. The lowest BCUT2D eigenvalue weighted by molar-refractivity contribution is -0.148. The summed E-state index contributed by atoms with van der Waals surface area (Å²) in [6, 6.07) is 15.4. The molecule has 2 aromatic carbocycles. The molecule has 160 valence electrons. The Balaban J connectivity index is 1.53. The molecule has 1 aromatic heterocycles. The average molecular weight is 419 g/mol. The number of anilines is 1. The van der Waals surface area contributed by atoms with Crippen LogP contribution in [0.1, 0.15) is 23.6 Å². The van der Waals surface area contributed by atoms with Crippen LogP contribution in [0.3, 0.4) is 0 Å². The molecule has 7 nitrogen and oxygen atoms in total. The number of aryl methyl sites for hydroxylation is 1. The van der Waals surface area contributed by atoms with Crippen molar-refractivity contribution in [2.24, 2.45) is 0 Å². The van der Waals surface area contributed by atoms with Gasteiger partial charge in [-0.05, 0) is 43.2 Å². The molecule has 0 aliphatic rings. The molecule has 1 N–H and O–H groups in total. The molecule has 1 atom stereocenters. The van der Waals surface area contributed by atoms with Crippen LogP contribution in [0.4, 0.5) is 5.69 Å². The van der Waals surface area contributed by atoms with Crippen molar-refractivity contribution in [3.05, 3.63) is 83.7 Å². The van der Waals surface area contributed by atoms with Crippen LogP contribution in [-0.4, -0.2) is 34.9 Å². The zero-order valence-corrected chi connectivity index (χ0v) is 17.7. The van der Waals surface area contributed by atoms with Gasteiger partial charge in [-0.25, -0.2) is 4.79 Å². The molecule has 1 amide bonds. The Morgan fingerprint density at radius 3 is 2.71 bits per heavy atom. The molecule has 0 unspecified atom stereocenters. The van der Waals surface area contributed by atoms with E-state index in [0.717, 1.165) is 16.7 Å². The minimum atomic E-state index is -0.969. The molecule has 0 bridgehead atoms. The molecule has 0 radical (unpaired) electrons. The van der Waals surface area contributed by atoms with Crippen molar-refractivity contribution in [3.63, 3.8) is 0 Å². The van der Waals surface area contributed by atoms with Crippen molar-refractivity contribution in [1.29, 1.82) is 0 Å². The molecule has 0 spiro atoms. The molecule has 3 aromatic rings. The zero-order chi connectivity index (χ0) is 22.2. The number of amides is 1. The highest BCUT2D eigenvalue weighted by Gasteiger charge is 2.18. The first kappa shape index (κ1) is 21.8. The van der Waals surface area contributed by atoms with E-state index in [-0.39, 0.29) is 0 Å². The summed E-state index contributed by atoms with van der Waals surface area (Å²) in [5, 5.41) is 7.02. The number of carbonyl (C=O) groups is 2. The summed E-state index contributed by atoms with van der Waals surface area (Å²) >= 11 is 0. The predicted octanol–water partition coefficient (Wildman–Crippen LogP) is 3.83. The number of esters is 1. The van der Waals surface area contributed by atoms with Crippen LogP contribution in [0.2, 0.25) is 0 Å². The normalized spacial score (nSPS) is 11.8. The van der Waals surface area contributed by atoms with Crippen LogP contribution in [-0.2, 0) is 20.9 Å². The molecule has 0 fully saturated rings. The van der Waals surface area contributed by atoms with Gasteiger partial charge in [-0.1, -0.05) is 36.4 Å².